The Bertz CT molecular complexity index is 299. The van der Waals surface area contributed by atoms with Gasteiger partial charge in [0.25, 0.3) is 0 Å². The van der Waals surface area contributed by atoms with Crippen molar-refractivity contribution in [2.45, 2.75) is 18.2 Å². The molecule has 2 nitrogen and oxygen atoms in total. The summed E-state index contributed by atoms with van der Waals surface area (Å²) in [7, 11) is 1.10. The van der Waals surface area contributed by atoms with Gasteiger partial charge >= 0.3 is 0 Å². The zero-order chi connectivity index (χ0) is 10.6. The molecule has 1 aromatic carbocycles. The first-order valence-corrected chi connectivity index (χ1v) is 6.33. The van der Waals surface area contributed by atoms with Crippen molar-refractivity contribution in [1.82, 2.24) is 5.32 Å². The molecule has 0 heterocycles. The minimum atomic E-state index is -0.803. The molecule has 0 fully saturated rings. The predicted molar refractivity (Wildman–Crippen MR) is 61.8 cm³/mol. The van der Waals surface area contributed by atoms with Crippen molar-refractivity contribution >= 4 is 10.8 Å². The molecule has 78 valence electrons. The van der Waals surface area contributed by atoms with E-state index in [0.29, 0.717) is 0 Å². The molecular formula is C11H17NOS. The van der Waals surface area contributed by atoms with Gasteiger partial charge in [0.05, 0.1) is 5.25 Å². The van der Waals surface area contributed by atoms with Crippen LogP contribution in [0.4, 0.5) is 0 Å². The molecule has 0 spiro atoms. The molecule has 1 rings (SSSR count). The van der Waals surface area contributed by atoms with Gasteiger partial charge in [0.2, 0.25) is 0 Å². The third kappa shape index (κ3) is 2.66. The molecule has 0 aliphatic heterocycles. The second-order valence-electron chi connectivity index (χ2n) is 3.38. The number of nitrogens with one attached hydrogen (secondary N) is 1. The summed E-state index contributed by atoms with van der Waals surface area (Å²) in [5, 5.41) is 3.33. The Labute approximate surface area is 88.2 Å². The monoisotopic (exact) mass is 211 g/mol. The average molecular weight is 211 g/mol. The van der Waals surface area contributed by atoms with Gasteiger partial charge < -0.3 is 5.32 Å². The summed E-state index contributed by atoms with van der Waals surface area (Å²) < 4.78 is 11.4. The fraction of sp³-hybridized carbons (Fsp3) is 0.455. The van der Waals surface area contributed by atoms with E-state index in [2.05, 4.69) is 17.4 Å². The van der Waals surface area contributed by atoms with Gasteiger partial charge in [0.1, 0.15) is 0 Å². The van der Waals surface area contributed by atoms with E-state index < -0.39 is 10.8 Å². The Morgan fingerprint density at radius 1 is 1.29 bits per heavy atom. The van der Waals surface area contributed by atoms with Crippen LogP contribution in [-0.2, 0) is 10.8 Å². The van der Waals surface area contributed by atoms with Crippen molar-refractivity contribution < 1.29 is 4.21 Å². The van der Waals surface area contributed by atoms with Gasteiger partial charge in [-0.2, -0.15) is 0 Å². The van der Waals surface area contributed by atoms with Crippen LogP contribution in [0.2, 0.25) is 0 Å². The Morgan fingerprint density at radius 2 is 1.86 bits per heavy atom. The summed E-state index contributed by atoms with van der Waals surface area (Å²) in [4.78, 5) is 0. The summed E-state index contributed by atoms with van der Waals surface area (Å²) in [6.45, 7) is 2.00. The van der Waals surface area contributed by atoms with E-state index in [0.717, 1.165) is 0 Å². The summed E-state index contributed by atoms with van der Waals surface area (Å²) in [6, 6.07) is 10.3. The van der Waals surface area contributed by atoms with Crippen molar-refractivity contribution in [1.29, 1.82) is 0 Å². The fourth-order valence-electron chi connectivity index (χ4n) is 1.52. The maximum absolute atomic E-state index is 11.4. The molecule has 0 aromatic heterocycles. The van der Waals surface area contributed by atoms with Crippen LogP contribution >= 0.6 is 0 Å². The van der Waals surface area contributed by atoms with Gasteiger partial charge in [-0.15, -0.1) is 0 Å². The molecule has 1 N–H and O–H groups in total. The molecule has 3 heteroatoms. The maximum Gasteiger partial charge on any atom is 0.0511 e. The quantitative estimate of drug-likeness (QED) is 0.821. The number of hydrogen-bond donors (Lipinski definition) is 1. The summed E-state index contributed by atoms with van der Waals surface area (Å²) in [5.74, 6) is 0. The fourth-order valence-corrected chi connectivity index (χ4v) is 2.20. The number of rotatable bonds is 4. The van der Waals surface area contributed by atoms with Crippen molar-refractivity contribution in [3.63, 3.8) is 0 Å². The van der Waals surface area contributed by atoms with Crippen LogP contribution in [0.3, 0.4) is 0 Å². The highest BCUT2D eigenvalue weighted by Crippen LogP contribution is 2.19. The van der Waals surface area contributed by atoms with Gasteiger partial charge in [-0.05, 0) is 19.5 Å². The normalized spacial score (nSPS) is 17.4. The second kappa shape index (κ2) is 5.27. The lowest BCUT2D eigenvalue weighted by Gasteiger charge is -2.22. The molecule has 0 amide bonds. The minimum absolute atomic E-state index is 0.127. The first-order valence-electron chi connectivity index (χ1n) is 4.71. The highest BCUT2D eigenvalue weighted by atomic mass is 32.2. The zero-order valence-corrected chi connectivity index (χ0v) is 9.67. The van der Waals surface area contributed by atoms with Crippen molar-refractivity contribution in [3.8, 4) is 0 Å². The van der Waals surface area contributed by atoms with Gasteiger partial charge in [-0.3, -0.25) is 4.21 Å². The third-order valence-corrected chi connectivity index (χ3v) is 3.78. The molecule has 1 aromatic rings. The average Bonchev–Trinajstić information content (AvgIpc) is 2.20. The largest absolute Gasteiger partial charge is 0.312 e. The lowest BCUT2D eigenvalue weighted by Crippen LogP contribution is -2.30. The van der Waals surface area contributed by atoms with E-state index in [-0.39, 0.29) is 11.3 Å². The third-order valence-electron chi connectivity index (χ3n) is 2.46. The Balaban J connectivity index is 2.87. The highest BCUT2D eigenvalue weighted by molar-refractivity contribution is 7.84. The summed E-state index contributed by atoms with van der Waals surface area (Å²) in [6.07, 6.45) is 1.75. The lowest BCUT2D eigenvalue weighted by atomic mass is 10.0. The molecule has 0 saturated heterocycles. The molecule has 3 unspecified atom stereocenters. The molecule has 0 aliphatic rings. The first-order chi connectivity index (χ1) is 6.66. The summed E-state index contributed by atoms with van der Waals surface area (Å²) >= 11 is 0. The number of benzene rings is 1. The molecule has 0 aliphatic carbocycles. The highest BCUT2D eigenvalue weighted by Gasteiger charge is 2.19. The van der Waals surface area contributed by atoms with Crippen LogP contribution in [0.15, 0.2) is 30.3 Å². The molecule has 0 saturated carbocycles. The van der Waals surface area contributed by atoms with Crippen LogP contribution in [0.25, 0.3) is 0 Å². The van der Waals surface area contributed by atoms with E-state index in [9.17, 15) is 4.21 Å². The van der Waals surface area contributed by atoms with Gasteiger partial charge in [0.15, 0.2) is 0 Å². The Morgan fingerprint density at radius 3 is 2.29 bits per heavy atom. The first kappa shape index (κ1) is 11.4. The molecule has 14 heavy (non-hydrogen) atoms. The summed E-state index contributed by atoms with van der Waals surface area (Å²) in [5.41, 5.74) is 1.19. The second-order valence-corrected chi connectivity index (χ2v) is 5.12. The van der Waals surface area contributed by atoms with Gasteiger partial charge in [-0.25, -0.2) is 0 Å². The van der Waals surface area contributed by atoms with Crippen molar-refractivity contribution in [2.75, 3.05) is 13.3 Å². The van der Waals surface area contributed by atoms with E-state index in [4.69, 9.17) is 0 Å². The minimum Gasteiger partial charge on any atom is -0.312 e. The molecule has 3 atom stereocenters. The SMILES string of the molecule is CNC(c1ccccc1)C(C)S(C)=O. The van der Waals surface area contributed by atoms with E-state index in [1.807, 2.05) is 32.2 Å². The predicted octanol–water partition coefficient (Wildman–Crippen LogP) is 1.71. The molecule has 0 bridgehead atoms. The van der Waals surface area contributed by atoms with Crippen LogP contribution in [0, 0.1) is 0 Å². The van der Waals surface area contributed by atoms with E-state index in [1.54, 1.807) is 6.26 Å². The topological polar surface area (TPSA) is 29.1 Å². The lowest BCUT2D eigenvalue weighted by molar-refractivity contribution is 0.572. The van der Waals surface area contributed by atoms with Crippen LogP contribution < -0.4 is 5.32 Å². The molecule has 0 radical (unpaired) electrons. The van der Waals surface area contributed by atoms with Crippen LogP contribution in [-0.4, -0.2) is 22.8 Å². The van der Waals surface area contributed by atoms with Gasteiger partial charge in [0, 0.05) is 23.1 Å². The van der Waals surface area contributed by atoms with Gasteiger partial charge in [-0.1, -0.05) is 30.3 Å². The van der Waals surface area contributed by atoms with Crippen LogP contribution in [0.5, 0.6) is 0 Å². The Hall–Kier alpha value is -0.670. The van der Waals surface area contributed by atoms with E-state index in [1.165, 1.54) is 5.56 Å². The van der Waals surface area contributed by atoms with E-state index >= 15 is 0 Å². The Kier molecular flexibility index (Phi) is 4.29. The molecular weight excluding hydrogens is 194 g/mol. The smallest absolute Gasteiger partial charge is 0.0511 e. The van der Waals surface area contributed by atoms with Crippen LogP contribution in [0.1, 0.15) is 18.5 Å². The van der Waals surface area contributed by atoms with Crippen molar-refractivity contribution in [3.05, 3.63) is 35.9 Å². The maximum atomic E-state index is 11.4. The number of hydrogen-bond acceptors (Lipinski definition) is 2. The van der Waals surface area contributed by atoms with Crippen molar-refractivity contribution in [2.24, 2.45) is 0 Å². The standard InChI is InChI=1S/C11H17NOS/c1-9(14(3)13)11(12-2)10-7-5-4-6-8-10/h4-9,11-12H,1-3H3. The zero-order valence-electron chi connectivity index (χ0n) is 8.86.